The van der Waals surface area contributed by atoms with Gasteiger partial charge in [-0.2, -0.15) is 5.26 Å². The van der Waals surface area contributed by atoms with Crippen molar-refractivity contribution < 1.29 is 14.4 Å². The van der Waals surface area contributed by atoms with E-state index in [4.69, 9.17) is 0 Å². The van der Waals surface area contributed by atoms with E-state index in [1.807, 2.05) is 48.7 Å². The van der Waals surface area contributed by atoms with Crippen LogP contribution in [0.5, 0.6) is 0 Å². The van der Waals surface area contributed by atoms with Gasteiger partial charge < -0.3 is 10.6 Å². The lowest BCUT2D eigenvalue weighted by molar-refractivity contribution is -0.130. The second kappa shape index (κ2) is 10.2. The van der Waals surface area contributed by atoms with E-state index in [2.05, 4.69) is 10.6 Å². The number of rotatable bonds is 7. The highest BCUT2D eigenvalue weighted by Crippen LogP contribution is 2.18. The van der Waals surface area contributed by atoms with Crippen LogP contribution in [0.3, 0.4) is 0 Å². The summed E-state index contributed by atoms with van der Waals surface area (Å²) in [4.78, 5) is 38.0. The molecule has 3 amide bonds. The first-order chi connectivity index (χ1) is 15.4. The fourth-order valence-electron chi connectivity index (χ4n) is 3.42. The number of nitrogens with one attached hydrogen (secondary N) is 2. The maximum atomic E-state index is 13.0. The van der Waals surface area contributed by atoms with Crippen LogP contribution in [-0.2, 0) is 16.0 Å². The fraction of sp³-hybridized carbons (Fsp3) is 0.200. The van der Waals surface area contributed by atoms with Gasteiger partial charge in [0.2, 0.25) is 5.91 Å². The van der Waals surface area contributed by atoms with Gasteiger partial charge in [-0.25, -0.2) is 4.90 Å². The molecule has 0 saturated heterocycles. The van der Waals surface area contributed by atoms with Crippen LogP contribution in [0.25, 0.3) is 10.8 Å². The van der Waals surface area contributed by atoms with Crippen molar-refractivity contribution in [3.8, 4) is 6.19 Å². The first-order valence-electron chi connectivity index (χ1n) is 10.3. The summed E-state index contributed by atoms with van der Waals surface area (Å²) in [7, 11) is 0. The number of carbonyl (C=O) groups is 3. The summed E-state index contributed by atoms with van der Waals surface area (Å²) < 4.78 is 0. The molecule has 0 saturated carbocycles. The number of carbonyl (C=O) groups excluding carboxylic acids is 3. The Morgan fingerprint density at radius 2 is 1.69 bits per heavy atom. The lowest BCUT2D eigenvalue weighted by Gasteiger charge is -2.22. The summed E-state index contributed by atoms with van der Waals surface area (Å²) in [5.41, 5.74) is 1.78. The van der Waals surface area contributed by atoms with E-state index in [1.54, 1.807) is 31.2 Å². The summed E-state index contributed by atoms with van der Waals surface area (Å²) in [5, 5.41) is 16.8. The van der Waals surface area contributed by atoms with E-state index in [0.29, 0.717) is 11.3 Å². The summed E-state index contributed by atoms with van der Waals surface area (Å²) in [6.45, 7) is 3.32. The van der Waals surface area contributed by atoms with E-state index in [-0.39, 0.29) is 18.9 Å². The third-order valence-electron chi connectivity index (χ3n) is 5.03. The van der Waals surface area contributed by atoms with Gasteiger partial charge in [-0.05, 0) is 47.5 Å². The number of likely N-dealkylation sites (N-methyl/N-ethyl adjacent to an activating group) is 1. The molecule has 1 atom stereocenters. The number of hydrogen-bond donors (Lipinski definition) is 2. The van der Waals surface area contributed by atoms with Gasteiger partial charge in [-0.1, -0.05) is 42.5 Å². The molecular formula is C25H24N4O3. The molecule has 0 aliphatic heterocycles. The highest BCUT2D eigenvalue weighted by Gasteiger charge is 2.26. The normalized spacial score (nSPS) is 11.3. The highest BCUT2D eigenvalue weighted by atomic mass is 16.2. The zero-order chi connectivity index (χ0) is 23.1. The second-order valence-electron chi connectivity index (χ2n) is 7.35. The summed E-state index contributed by atoms with van der Waals surface area (Å²) in [5.74, 6) is -1.11. The molecule has 0 aliphatic rings. The fourth-order valence-corrected chi connectivity index (χ4v) is 3.42. The largest absolute Gasteiger partial charge is 0.340 e. The Morgan fingerprint density at radius 3 is 2.31 bits per heavy atom. The van der Waals surface area contributed by atoms with E-state index >= 15 is 0 Å². The van der Waals surface area contributed by atoms with Crippen molar-refractivity contribution in [3.05, 3.63) is 77.9 Å². The van der Waals surface area contributed by atoms with Gasteiger partial charge in [0.1, 0.15) is 6.04 Å². The van der Waals surface area contributed by atoms with Crippen molar-refractivity contribution in [2.45, 2.75) is 26.3 Å². The number of nitrogens with zero attached hydrogens (tertiary/aromatic N) is 2. The van der Waals surface area contributed by atoms with E-state index < -0.39 is 17.9 Å². The first-order valence-corrected chi connectivity index (χ1v) is 10.3. The summed E-state index contributed by atoms with van der Waals surface area (Å²) >= 11 is 0. The molecule has 3 aromatic rings. The van der Waals surface area contributed by atoms with Gasteiger partial charge in [0, 0.05) is 31.1 Å². The van der Waals surface area contributed by atoms with Crippen molar-refractivity contribution in [1.82, 2.24) is 10.2 Å². The lowest BCUT2D eigenvalue weighted by atomic mass is 10.0. The predicted molar refractivity (Wildman–Crippen MR) is 123 cm³/mol. The molecule has 0 aliphatic carbocycles. The van der Waals surface area contributed by atoms with E-state index in [1.165, 1.54) is 6.92 Å². The van der Waals surface area contributed by atoms with Crippen LogP contribution < -0.4 is 10.6 Å². The highest BCUT2D eigenvalue weighted by molar-refractivity contribution is 5.98. The minimum atomic E-state index is -0.904. The average Bonchev–Trinajstić information content (AvgIpc) is 2.79. The van der Waals surface area contributed by atoms with Gasteiger partial charge in [0.05, 0.1) is 0 Å². The molecule has 3 aromatic carbocycles. The molecule has 0 radical (unpaired) electrons. The van der Waals surface area contributed by atoms with Gasteiger partial charge in [-0.15, -0.1) is 0 Å². The number of nitriles is 1. The molecule has 0 spiro atoms. The number of benzene rings is 3. The summed E-state index contributed by atoms with van der Waals surface area (Å²) in [6, 6.07) is 19.2. The SMILES string of the molecule is CCN(C#N)C(=O)C(Cc1ccc2ccccc2c1)NC(=O)c1ccc(NC(C)=O)cc1. The third kappa shape index (κ3) is 5.49. The molecule has 2 N–H and O–H groups in total. The lowest BCUT2D eigenvalue weighted by Crippen LogP contribution is -2.48. The molecule has 3 rings (SSSR count). The van der Waals surface area contributed by atoms with Crippen LogP contribution in [0.2, 0.25) is 0 Å². The van der Waals surface area contributed by atoms with Gasteiger partial charge in [0.15, 0.2) is 6.19 Å². The number of anilines is 1. The Bertz CT molecular complexity index is 1180. The van der Waals surface area contributed by atoms with Crippen LogP contribution in [0.1, 0.15) is 29.8 Å². The maximum absolute atomic E-state index is 13.0. The molecule has 0 heterocycles. The van der Waals surface area contributed by atoms with Crippen LogP contribution >= 0.6 is 0 Å². The van der Waals surface area contributed by atoms with Crippen molar-refractivity contribution in [3.63, 3.8) is 0 Å². The number of hydrogen-bond acceptors (Lipinski definition) is 4. The molecule has 0 fully saturated rings. The Hall–Kier alpha value is -4.18. The molecule has 32 heavy (non-hydrogen) atoms. The predicted octanol–water partition coefficient (Wildman–Crippen LogP) is 3.47. The zero-order valence-electron chi connectivity index (χ0n) is 18.0. The Balaban J connectivity index is 1.83. The van der Waals surface area contributed by atoms with E-state index in [9.17, 15) is 19.6 Å². The standard InChI is InChI=1S/C25H24N4O3/c1-3-29(16-26)25(32)23(15-18-8-9-19-6-4-5-7-21(19)14-18)28-24(31)20-10-12-22(13-11-20)27-17(2)30/h4-14,23H,3,15H2,1-2H3,(H,27,30)(H,28,31). The van der Waals surface area contributed by atoms with Gasteiger partial charge >= 0.3 is 0 Å². The number of fused-ring (bicyclic) bond motifs is 1. The maximum Gasteiger partial charge on any atom is 0.258 e. The molecule has 0 aromatic heterocycles. The van der Waals surface area contributed by atoms with Crippen molar-refractivity contribution in [2.24, 2.45) is 0 Å². The van der Waals surface area contributed by atoms with Crippen LogP contribution in [-0.4, -0.2) is 35.2 Å². The monoisotopic (exact) mass is 428 g/mol. The van der Waals surface area contributed by atoms with Crippen LogP contribution in [0.4, 0.5) is 5.69 Å². The third-order valence-corrected chi connectivity index (χ3v) is 5.03. The van der Waals surface area contributed by atoms with Crippen molar-refractivity contribution in [1.29, 1.82) is 5.26 Å². The smallest absolute Gasteiger partial charge is 0.258 e. The quantitative estimate of drug-likeness (QED) is 0.444. The second-order valence-corrected chi connectivity index (χ2v) is 7.35. The molecular weight excluding hydrogens is 404 g/mol. The van der Waals surface area contributed by atoms with E-state index in [0.717, 1.165) is 21.2 Å². The average molecular weight is 428 g/mol. The minimum absolute atomic E-state index is 0.209. The Morgan fingerprint density at radius 1 is 1.00 bits per heavy atom. The molecule has 7 heteroatoms. The van der Waals surface area contributed by atoms with Gasteiger partial charge in [0.25, 0.3) is 11.8 Å². The molecule has 7 nitrogen and oxygen atoms in total. The Kier molecular flexibility index (Phi) is 7.19. The van der Waals surface area contributed by atoms with Crippen LogP contribution in [0, 0.1) is 11.5 Å². The minimum Gasteiger partial charge on any atom is -0.340 e. The van der Waals surface area contributed by atoms with Gasteiger partial charge in [-0.3, -0.25) is 14.4 Å². The molecule has 162 valence electrons. The van der Waals surface area contributed by atoms with Crippen LogP contribution in [0.15, 0.2) is 66.7 Å². The molecule has 0 bridgehead atoms. The first kappa shape index (κ1) is 22.5. The molecule has 1 unspecified atom stereocenters. The topological polar surface area (TPSA) is 102 Å². The number of amides is 3. The zero-order valence-corrected chi connectivity index (χ0v) is 18.0. The Labute approximate surface area is 186 Å². The van der Waals surface area contributed by atoms with Crippen molar-refractivity contribution in [2.75, 3.05) is 11.9 Å². The van der Waals surface area contributed by atoms with Crippen molar-refractivity contribution >= 4 is 34.2 Å². The summed E-state index contributed by atoms with van der Waals surface area (Å²) in [6.07, 6.45) is 2.13.